The second kappa shape index (κ2) is 14.2. The molecule has 1 fully saturated rings. The van der Waals surface area contributed by atoms with Gasteiger partial charge in [-0.1, -0.05) is 36.8 Å². The largest absolute Gasteiger partial charge is 0.375 e. The second-order valence-electron chi connectivity index (χ2n) is 6.70. The van der Waals surface area contributed by atoms with E-state index in [2.05, 4.69) is 39.6 Å². The van der Waals surface area contributed by atoms with Gasteiger partial charge in [-0.25, -0.2) is 0 Å². The lowest BCUT2D eigenvalue weighted by molar-refractivity contribution is 0.125. The zero-order valence-corrected chi connectivity index (χ0v) is 18.6. The van der Waals surface area contributed by atoms with E-state index in [1.54, 1.807) is 0 Å². The van der Waals surface area contributed by atoms with Crippen molar-refractivity contribution in [3.63, 3.8) is 0 Å². The van der Waals surface area contributed by atoms with Crippen LogP contribution in [0.2, 0.25) is 0 Å². The summed E-state index contributed by atoms with van der Waals surface area (Å²) in [6.45, 7) is 7.81. The molecule has 1 aliphatic heterocycles. The maximum Gasteiger partial charge on any atom is 0.191 e. The molecule has 1 aliphatic rings. The fraction of sp³-hybridized carbons (Fsp3) is 0.650. The van der Waals surface area contributed by atoms with Crippen LogP contribution in [0.15, 0.2) is 35.3 Å². The van der Waals surface area contributed by atoms with Gasteiger partial charge in [-0.2, -0.15) is 0 Å². The van der Waals surface area contributed by atoms with Gasteiger partial charge in [0, 0.05) is 32.7 Å². The molecule has 148 valence electrons. The van der Waals surface area contributed by atoms with E-state index >= 15 is 0 Å². The standard InChI is InChI=1S/C20H34N4O.HI/c1-18-9-6-7-14-24(18)15-8-12-22-20(21-2)23-13-16-25-17-19-10-4-3-5-11-19;/h3-5,10-11,18H,6-9,12-17H2,1-2H3,(H2,21,22,23);1H. The van der Waals surface area contributed by atoms with Gasteiger partial charge in [0.25, 0.3) is 0 Å². The highest BCUT2D eigenvalue weighted by Gasteiger charge is 2.16. The Balaban J connectivity index is 0.00000338. The predicted molar refractivity (Wildman–Crippen MR) is 120 cm³/mol. The van der Waals surface area contributed by atoms with Gasteiger partial charge in [-0.05, 0) is 38.3 Å². The Morgan fingerprint density at radius 2 is 1.96 bits per heavy atom. The topological polar surface area (TPSA) is 48.9 Å². The predicted octanol–water partition coefficient (Wildman–Crippen LogP) is 3.25. The van der Waals surface area contributed by atoms with Gasteiger partial charge in [-0.15, -0.1) is 24.0 Å². The maximum absolute atomic E-state index is 5.68. The van der Waals surface area contributed by atoms with E-state index in [-0.39, 0.29) is 24.0 Å². The number of likely N-dealkylation sites (tertiary alicyclic amines) is 1. The van der Waals surface area contributed by atoms with Crippen LogP contribution in [0.25, 0.3) is 0 Å². The third kappa shape index (κ3) is 9.19. The lowest BCUT2D eigenvalue weighted by Gasteiger charge is -2.33. The van der Waals surface area contributed by atoms with Crippen LogP contribution < -0.4 is 10.6 Å². The minimum atomic E-state index is 0. The molecule has 2 N–H and O–H groups in total. The Kier molecular flexibility index (Phi) is 12.7. The van der Waals surface area contributed by atoms with Gasteiger partial charge in [0.2, 0.25) is 0 Å². The number of nitrogens with one attached hydrogen (secondary N) is 2. The summed E-state index contributed by atoms with van der Waals surface area (Å²) < 4.78 is 5.68. The number of nitrogens with zero attached hydrogens (tertiary/aromatic N) is 2. The van der Waals surface area contributed by atoms with E-state index in [4.69, 9.17) is 4.74 Å². The van der Waals surface area contributed by atoms with Crippen LogP contribution in [0.4, 0.5) is 0 Å². The van der Waals surface area contributed by atoms with Crippen molar-refractivity contribution < 1.29 is 4.74 Å². The SMILES string of the molecule is CN=C(NCCCN1CCCCC1C)NCCOCc1ccccc1.I. The summed E-state index contributed by atoms with van der Waals surface area (Å²) >= 11 is 0. The summed E-state index contributed by atoms with van der Waals surface area (Å²) in [6.07, 6.45) is 5.23. The number of aliphatic imine (C=N–C) groups is 1. The number of halogens is 1. The fourth-order valence-electron chi connectivity index (χ4n) is 3.21. The Morgan fingerprint density at radius 1 is 1.19 bits per heavy atom. The summed E-state index contributed by atoms with van der Waals surface area (Å²) in [5.41, 5.74) is 1.21. The smallest absolute Gasteiger partial charge is 0.191 e. The molecule has 1 unspecified atom stereocenters. The molecule has 26 heavy (non-hydrogen) atoms. The zero-order valence-electron chi connectivity index (χ0n) is 16.2. The molecule has 0 amide bonds. The molecule has 5 nitrogen and oxygen atoms in total. The first kappa shape index (κ1) is 23.2. The maximum atomic E-state index is 5.68. The van der Waals surface area contributed by atoms with Crippen LogP contribution >= 0.6 is 24.0 Å². The van der Waals surface area contributed by atoms with E-state index in [0.29, 0.717) is 13.2 Å². The molecule has 1 aromatic rings. The molecule has 1 aromatic carbocycles. The van der Waals surface area contributed by atoms with Crippen LogP contribution in [0.3, 0.4) is 0 Å². The van der Waals surface area contributed by atoms with Crippen molar-refractivity contribution in [3.05, 3.63) is 35.9 Å². The summed E-state index contributed by atoms with van der Waals surface area (Å²) in [5.74, 6) is 0.856. The van der Waals surface area contributed by atoms with E-state index in [9.17, 15) is 0 Å². The molecular weight excluding hydrogens is 439 g/mol. The number of benzene rings is 1. The average molecular weight is 474 g/mol. The van der Waals surface area contributed by atoms with Gasteiger partial charge in [0.05, 0.1) is 13.2 Å². The van der Waals surface area contributed by atoms with E-state index in [1.165, 1.54) is 37.9 Å². The quantitative estimate of drug-likeness (QED) is 0.250. The molecule has 1 saturated heterocycles. The summed E-state index contributed by atoms with van der Waals surface area (Å²) in [5, 5.41) is 6.69. The van der Waals surface area contributed by atoms with E-state index in [1.807, 2.05) is 25.2 Å². The molecule has 0 saturated carbocycles. The highest BCUT2D eigenvalue weighted by Crippen LogP contribution is 2.15. The average Bonchev–Trinajstić information content (AvgIpc) is 2.65. The first-order valence-electron chi connectivity index (χ1n) is 9.60. The van der Waals surface area contributed by atoms with Crippen molar-refractivity contribution in [2.75, 3.05) is 39.8 Å². The van der Waals surface area contributed by atoms with E-state index in [0.717, 1.165) is 31.5 Å². The molecule has 0 radical (unpaired) electrons. The van der Waals surface area contributed by atoms with Crippen molar-refractivity contribution >= 4 is 29.9 Å². The lowest BCUT2D eigenvalue weighted by atomic mass is 10.0. The molecule has 0 spiro atoms. The molecular formula is C20H35IN4O. The molecule has 1 atom stereocenters. The zero-order chi connectivity index (χ0) is 17.7. The first-order chi connectivity index (χ1) is 12.3. The molecule has 6 heteroatoms. The monoisotopic (exact) mass is 474 g/mol. The normalized spacial score (nSPS) is 18.2. The third-order valence-corrected chi connectivity index (χ3v) is 4.73. The minimum absolute atomic E-state index is 0. The fourth-order valence-corrected chi connectivity index (χ4v) is 3.21. The Bertz CT molecular complexity index is 498. The van der Waals surface area contributed by atoms with Crippen LogP contribution in [-0.2, 0) is 11.3 Å². The number of ether oxygens (including phenoxy) is 1. The second-order valence-corrected chi connectivity index (χ2v) is 6.70. The van der Waals surface area contributed by atoms with Gasteiger partial charge < -0.3 is 20.3 Å². The Labute approximate surface area is 176 Å². The molecule has 1 heterocycles. The van der Waals surface area contributed by atoms with Crippen molar-refractivity contribution in [1.82, 2.24) is 15.5 Å². The van der Waals surface area contributed by atoms with Crippen LogP contribution in [-0.4, -0.2) is 56.7 Å². The van der Waals surface area contributed by atoms with E-state index < -0.39 is 0 Å². The summed E-state index contributed by atoms with van der Waals surface area (Å²) in [6, 6.07) is 11.0. The van der Waals surface area contributed by atoms with Crippen LogP contribution in [0.1, 0.15) is 38.2 Å². The van der Waals surface area contributed by atoms with Gasteiger partial charge in [0.1, 0.15) is 0 Å². The number of rotatable bonds is 9. The Morgan fingerprint density at radius 3 is 2.69 bits per heavy atom. The highest BCUT2D eigenvalue weighted by molar-refractivity contribution is 14.0. The molecule has 2 rings (SSSR count). The summed E-state index contributed by atoms with van der Waals surface area (Å²) in [4.78, 5) is 6.88. The van der Waals surface area contributed by atoms with Crippen molar-refractivity contribution in [3.8, 4) is 0 Å². The van der Waals surface area contributed by atoms with Crippen LogP contribution in [0.5, 0.6) is 0 Å². The lowest BCUT2D eigenvalue weighted by Crippen LogP contribution is -2.42. The summed E-state index contributed by atoms with van der Waals surface area (Å²) in [7, 11) is 1.81. The van der Waals surface area contributed by atoms with Gasteiger partial charge >= 0.3 is 0 Å². The molecule has 0 bridgehead atoms. The van der Waals surface area contributed by atoms with Gasteiger partial charge in [-0.3, -0.25) is 4.99 Å². The minimum Gasteiger partial charge on any atom is -0.375 e. The van der Waals surface area contributed by atoms with Gasteiger partial charge in [0.15, 0.2) is 5.96 Å². The number of guanidine groups is 1. The third-order valence-electron chi connectivity index (χ3n) is 4.73. The molecule has 0 aromatic heterocycles. The van der Waals surface area contributed by atoms with Crippen molar-refractivity contribution in [1.29, 1.82) is 0 Å². The van der Waals surface area contributed by atoms with Crippen molar-refractivity contribution in [2.45, 2.75) is 45.3 Å². The Hall–Kier alpha value is -0.860. The number of piperidine rings is 1. The number of hydrogen-bond acceptors (Lipinski definition) is 3. The highest BCUT2D eigenvalue weighted by atomic mass is 127. The van der Waals surface area contributed by atoms with Crippen LogP contribution in [0, 0.1) is 0 Å². The van der Waals surface area contributed by atoms with Crippen molar-refractivity contribution in [2.24, 2.45) is 4.99 Å². The molecule has 0 aliphatic carbocycles. The number of hydrogen-bond donors (Lipinski definition) is 2. The first-order valence-corrected chi connectivity index (χ1v) is 9.60.